The van der Waals surface area contributed by atoms with Crippen LogP contribution >= 0.6 is 0 Å². The maximum Gasteiger partial charge on any atom is 1.00 e. The maximum absolute atomic E-state index is 11.6. The van der Waals surface area contributed by atoms with Crippen LogP contribution in [0.1, 0.15) is 84.6 Å². The average molecular weight is 870 g/mol. The third-order valence-corrected chi connectivity index (χ3v) is 11.2. The number of aromatic nitrogens is 5. The number of hydrogen-bond donors (Lipinski definition) is 0. The molecule has 0 bridgehead atoms. The van der Waals surface area contributed by atoms with Gasteiger partial charge in [-0.15, -0.1) is 0 Å². The van der Waals surface area contributed by atoms with Crippen molar-refractivity contribution in [3.63, 3.8) is 0 Å². The molecule has 3 heterocycles. The zero-order chi connectivity index (χ0) is 46.5. The summed E-state index contributed by atoms with van der Waals surface area (Å²) in [5, 5.41) is 24.8. The van der Waals surface area contributed by atoms with Crippen LogP contribution in [0.2, 0.25) is 0 Å². The zero-order valence-electron chi connectivity index (χ0n) is 41.1. The quantitative estimate of drug-likeness (QED) is 0.170. The van der Waals surface area contributed by atoms with Gasteiger partial charge in [-0.05, 0) is 80.6 Å². The van der Waals surface area contributed by atoms with Gasteiger partial charge in [0.15, 0.2) is 17.5 Å². The summed E-state index contributed by atoms with van der Waals surface area (Å²) in [6.45, 7) is 22.0. The first-order valence-corrected chi connectivity index (χ1v) is 22.1. The number of hydrogen-bond acceptors (Lipinski definition) is 7. The van der Waals surface area contributed by atoms with Crippen molar-refractivity contribution in [2.24, 2.45) is 0 Å². The van der Waals surface area contributed by atoms with Crippen molar-refractivity contribution in [2.75, 3.05) is 0 Å². The molecule has 9 aromatic rings. The smallest absolute Gasteiger partial charge is 0.871 e. The van der Waals surface area contributed by atoms with Gasteiger partial charge < -0.3 is 10.2 Å². The first kappa shape index (κ1) is 51.9. The van der Waals surface area contributed by atoms with Gasteiger partial charge in [0.1, 0.15) is 0 Å². The van der Waals surface area contributed by atoms with Crippen LogP contribution in [0, 0.1) is 6.92 Å². The Kier molecular flexibility index (Phi) is 16.8. The summed E-state index contributed by atoms with van der Waals surface area (Å²) >= 11 is 0. The second-order valence-electron chi connectivity index (χ2n) is 19.5. The van der Waals surface area contributed by atoms with Crippen LogP contribution in [0.15, 0.2) is 164 Å². The van der Waals surface area contributed by atoms with E-state index in [4.69, 9.17) is 15.0 Å². The molecule has 0 saturated carbocycles. The van der Waals surface area contributed by atoms with E-state index in [2.05, 4.69) is 115 Å². The average Bonchev–Trinajstić information content (AvgIpc) is 3.29. The summed E-state index contributed by atoms with van der Waals surface area (Å²) in [6.07, 6.45) is 3.35. The Morgan fingerprint density at radius 1 is 0.388 bits per heavy atom. The van der Waals surface area contributed by atoms with Crippen LogP contribution in [0.5, 0.6) is 11.5 Å². The monoisotopic (exact) mass is 869 g/mol. The van der Waals surface area contributed by atoms with Crippen molar-refractivity contribution in [3.05, 3.63) is 186 Å². The molecule has 3 aromatic heterocycles. The van der Waals surface area contributed by atoms with E-state index in [0.717, 1.165) is 38.6 Å². The van der Waals surface area contributed by atoms with E-state index in [9.17, 15) is 10.2 Å². The minimum atomic E-state index is -0.00130. The van der Waals surface area contributed by atoms with E-state index in [0.29, 0.717) is 28.5 Å². The maximum atomic E-state index is 11.6. The second kappa shape index (κ2) is 21.7. The van der Waals surface area contributed by atoms with Crippen molar-refractivity contribution in [3.8, 4) is 56.8 Å². The van der Waals surface area contributed by atoms with E-state index >= 15 is 0 Å². The van der Waals surface area contributed by atoms with E-state index < -0.39 is 0 Å². The molecule has 0 atom stereocenters. The second-order valence-corrected chi connectivity index (χ2v) is 19.5. The third kappa shape index (κ3) is 12.9. The number of nitrogens with zero attached hydrogens (tertiary/aromatic N) is 5. The van der Waals surface area contributed by atoms with E-state index in [1.54, 1.807) is 30.6 Å². The molecule has 67 heavy (non-hydrogen) atoms. The molecule has 9 heteroatoms. The molecule has 0 amide bonds. The molecule has 0 unspecified atom stereocenters. The zero-order valence-corrected chi connectivity index (χ0v) is 41.1. The van der Waals surface area contributed by atoms with Crippen molar-refractivity contribution in [2.45, 2.75) is 85.5 Å². The van der Waals surface area contributed by atoms with Crippen LogP contribution in [0.25, 0.3) is 67.1 Å². The summed E-state index contributed by atoms with van der Waals surface area (Å²) in [6, 6.07) is 50.4. The molecule has 7 nitrogen and oxygen atoms in total. The van der Waals surface area contributed by atoms with Gasteiger partial charge >= 0.3 is 37.7 Å². The Hall–Kier alpha value is -6.06. The fourth-order valence-electron chi connectivity index (χ4n) is 7.54. The van der Waals surface area contributed by atoms with Crippen LogP contribution in [0.3, 0.4) is 0 Å². The Bertz CT molecular complexity index is 2990. The summed E-state index contributed by atoms with van der Waals surface area (Å²) in [4.78, 5) is 22.8. The van der Waals surface area contributed by atoms with E-state index in [1.807, 2.05) is 97.9 Å². The summed E-state index contributed by atoms with van der Waals surface area (Å²) < 4.78 is 0. The number of para-hydroxylation sites is 1. The normalized spacial score (nSPS) is 11.3. The molecule has 0 aliphatic rings. The topological polar surface area (TPSA) is 111 Å². The number of rotatable bonds is 4. The van der Waals surface area contributed by atoms with Crippen molar-refractivity contribution >= 4 is 21.8 Å². The first-order chi connectivity index (χ1) is 30.8. The van der Waals surface area contributed by atoms with Crippen LogP contribution < -0.4 is 47.9 Å². The molecular formula is C58H57Li2N5O2. The minimum absolute atomic E-state index is 0. The number of fused-ring (bicyclic) bond motifs is 2. The number of benzene rings is 6. The van der Waals surface area contributed by atoms with Crippen molar-refractivity contribution in [1.82, 2.24) is 24.9 Å². The number of aryl methyl sites for hydroxylation is 1. The molecule has 9 rings (SSSR count). The fraction of sp³-hybridized carbons (Fsp3) is 0.224. The molecule has 0 spiro atoms. The third-order valence-electron chi connectivity index (χ3n) is 11.2. The molecule has 0 aliphatic carbocycles. The molecular weight excluding hydrogens is 813 g/mol. The van der Waals surface area contributed by atoms with Crippen LogP contribution in [0.4, 0.5) is 0 Å². The van der Waals surface area contributed by atoms with Gasteiger partial charge in [0.05, 0.1) is 11.0 Å². The van der Waals surface area contributed by atoms with Gasteiger partial charge in [0, 0.05) is 34.5 Å². The predicted octanol–water partition coefficient (Wildman–Crippen LogP) is 7.37. The summed E-state index contributed by atoms with van der Waals surface area (Å²) in [5.74, 6) is 2.01. The SMILES string of the molecule is CC(C)(C)c1cc(-c2cccc(-c3nc(-c4ccccc4)nc(-c4ccccc4)n3)c2)cc(C(C)(C)C)c1.CC(C)(C)c1ccnc2c([O-])cccc12.Cc1cc([O-])c2ncccc2c1.[Li+].[Li+]. The largest absolute Gasteiger partial charge is 1.00 e. The standard InChI is InChI=1S/C35H35N3.C13H15NO.C10H9NO.2Li/c1-34(2,3)29-21-28(22-30(23-29)35(4,5)6)26-18-13-19-27(20-26)33-37-31(24-14-9-7-10-15-24)36-32(38-33)25-16-11-8-12-17-25;1-13(2,3)10-7-8-14-12-9(10)5-4-6-11(12)15;1-7-5-8-3-2-4-11-10(8)9(12)6-7;;/h7-23H,1-6H3;4-8,15H,1-3H3;2-6,12H,1H3;;/q;;;2*+1/p-2. The molecule has 0 N–H and O–H groups in total. The first-order valence-electron chi connectivity index (χ1n) is 22.1. The van der Waals surface area contributed by atoms with Crippen LogP contribution in [-0.4, -0.2) is 24.9 Å². The van der Waals surface area contributed by atoms with Gasteiger partial charge in [-0.1, -0.05) is 207 Å². The Balaban J connectivity index is 0.000000236. The van der Waals surface area contributed by atoms with Gasteiger partial charge in [-0.3, -0.25) is 9.97 Å². The molecule has 0 radical (unpaired) electrons. The molecule has 0 saturated heterocycles. The van der Waals surface area contributed by atoms with Crippen molar-refractivity contribution in [1.29, 1.82) is 0 Å². The van der Waals surface area contributed by atoms with Gasteiger partial charge in [0.25, 0.3) is 0 Å². The summed E-state index contributed by atoms with van der Waals surface area (Å²) in [7, 11) is 0. The Labute approximate surface area is 420 Å². The van der Waals surface area contributed by atoms with Crippen LogP contribution in [-0.2, 0) is 16.2 Å². The molecule has 0 aliphatic heterocycles. The molecule has 6 aromatic carbocycles. The Morgan fingerprint density at radius 3 is 1.45 bits per heavy atom. The molecule has 328 valence electrons. The van der Waals surface area contributed by atoms with Gasteiger partial charge in [-0.25, -0.2) is 15.0 Å². The number of pyridine rings is 2. The predicted molar refractivity (Wildman–Crippen MR) is 265 cm³/mol. The molecule has 0 fully saturated rings. The van der Waals surface area contributed by atoms with Gasteiger partial charge in [0.2, 0.25) is 0 Å². The van der Waals surface area contributed by atoms with E-state index in [-0.39, 0.29) is 65.5 Å². The minimum Gasteiger partial charge on any atom is -0.871 e. The Morgan fingerprint density at radius 2 is 0.896 bits per heavy atom. The van der Waals surface area contributed by atoms with E-state index in [1.165, 1.54) is 22.3 Å². The fourth-order valence-corrected chi connectivity index (χ4v) is 7.54. The summed E-state index contributed by atoms with van der Waals surface area (Å²) in [5.41, 5.74) is 11.4. The van der Waals surface area contributed by atoms with Gasteiger partial charge in [-0.2, -0.15) is 0 Å². The van der Waals surface area contributed by atoms with Crippen molar-refractivity contribution < 1.29 is 47.9 Å².